The third kappa shape index (κ3) is 13.9. The Balaban J connectivity index is 3.78. The molecular formula is C17H32N2O4. The van der Waals surface area contributed by atoms with Crippen molar-refractivity contribution in [3.05, 3.63) is 0 Å². The van der Waals surface area contributed by atoms with E-state index >= 15 is 0 Å². The highest BCUT2D eigenvalue weighted by molar-refractivity contribution is 5.73. The molecule has 1 unspecified atom stereocenters. The lowest BCUT2D eigenvalue weighted by molar-refractivity contribution is 0.128. The predicted octanol–water partition coefficient (Wildman–Crippen LogP) is 5.90. The van der Waals surface area contributed by atoms with E-state index in [1.807, 2.05) is 0 Å². The molecule has 0 heterocycles. The standard InChI is InChI=1S/C17H32N2O4/c1-4-7-9-10-11-13-22-16(20)18-19-17(21)23-14-15(6-3)12-8-5-2/h15H,4-14H2,1-3H3. The van der Waals surface area contributed by atoms with Crippen molar-refractivity contribution in [2.45, 2.75) is 78.6 Å². The topological polar surface area (TPSA) is 77.3 Å². The summed E-state index contributed by atoms with van der Waals surface area (Å²) in [6, 6.07) is 0. The minimum Gasteiger partial charge on any atom is -0.447 e. The van der Waals surface area contributed by atoms with Gasteiger partial charge < -0.3 is 9.47 Å². The van der Waals surface area contributed by atoms with Crippen LogP contribution in [-0.2, 0) is 9.47 Å². The Kier molecular flexibility index (Phi) is 14.5. The molecule has 23 heavy (non-hydrogen) atoms. The van der Waals surface area contributed by atoms with Crippen molar-refractivity contribution < 1.29 is 19.1 Å². The molecule has 134 valence electrons. The first-order valence-electron chi connectivity index (χ1n) is 8.89. The number of hydrogen-bond acceptors (Lipinski definition) is 4. The number of carbonyl (C=O) groups is 2. The van der Waals surface area contributed by atoms with E-state index in [9.17, 15) is 9.59 Å². The lowest BCUT2D eigenvalue weighted by Crippen LogP contribution is -2.11. The molecule has 6 heteroatoms. The monoisotopic (exact) mass is 328 g/mol. The normalized spacial score (nSPS) is 12.3. The van der Waals surface area contributed by atoms with Crippen molar-refractivity contribution in [2.24, 2.45) is 16.1 Å². The fourth-order valence-corrected chi connectivity index (χ4v) is 2.09. The van der Waals surface area contributed by atoms with Crippen molar-refractivity contribution in [1.82, 2.24) is 0 Å². The Hall–Kier alpha value is -1.46. The summed E-state index contributed by atoms with van der Waals surface area (Å²) in [6.07, 6.45) is 7.87. The van der Waals surface area contributed by atoms with Crippen molar-refractivity contribution in [2.75, 3.05) is 13.2 Å². The highest BCUT2D eigenvalue weighted by Gasteiger charge is 2.10. The number of rotatable bonds is 12. The van der Waals surface area contributed by atoms with Crippen molar-refractivity contribution >= 4 is 12.2 Å². The van der Waals surface area contributed by atoms with Crippen molar-refractivity contribution in [3.8, 4) is 0 Å². The summed E-state index contributed by atoms with van der Waals surface area (Å²) in [6.45, 7) is 6.97. The molecular weight excluding hydrogens is 296 g/mol. The van der Waals surface area contributed by atoms with Gasteiger partial charge in [-0.15, -0.1) is 0 Å². The van der Waals surface area contributed by atoms with Gasteiger partial charge in [0.15, 0.2) is 0 Å². The molecule has 0 saturated heterocycles. The Morgan fingerprint density at radius 2 is 1.43 bits per heavy atom. The Labute approximate surface area is 140 Å². The van der Waals surface area contributed by atoms with E-state index in [2.05, 4.69) is 31.0 Å². The largest absolute Gasteiger partial charge is 0.452 e. The van der Waals surface area contributed by atoms with Crippen LogP contribution in [0, 0.1) is 5.92 Å². The van der Waals surface area contributed by atoms with Crippen LogP contribution < -0.4 is 0 Å². The van der Waals surface area contributed by atoms with Gasteiger partial charge in [-0.05, 0) is 18.8 Å². The number of hydrogen-bond donors (Lipinski definition) is 0. The van der Waals surface area contributed by atoms with Gasteiger partial charge in [0, 0.05) is 0 Å². The molecule has 1 atom stereocenters. The second-order valence-corrected chi connectivity index (χ2v) is 5.72. The van der Waals surface area contributed by atoms with Crippen molar-refractivity contribution in [3.63, 3.8) is 0 Å². The van der Waals surface area contributed by atoms with Gasteiger partial charge >= 0.3 is 12.2 Å². The van der Waals surface area contributed by atoms with Crippen LogP contribution in [0.3, 0.4) is 0 Å². The highest BCUT2D eigenvalue weighted by atomic mass is 16.6. The summed E-state index contributed by atoms with van der Waals surface area (Å²) in [4.78, 5) is 22.7. The Morgan fingerprint density at radius 1 is 0.826 bits per heavy atom. The van der Waals surface area contributed by atoms with Gasteiger partial charge in [-0.2, -0.15) is 0 Å². The zero-order chi connectivity index (χ0) is 17.3. The van der Waals surface area contributed by atoms with Crippen molar-refractivity contribution in [1.29, 1.82) is 0 Å². The maximum absolute atomic E-state index is 11.4. The summed E-state index contributed by atoms with van der Waals surface area (Å²) < 4.78 is 9.87. The number of carbonyl (C=O) groups excluding carboxylic acids is 2. The van der Waals surface area contributed by atoms with E-state index in [-0.39, 0.29) is 0 Å². The van der Waals surface area contributed by atoms with Gasteiger partial charge in [-0.25, -0.2) is 9.59 Å². The van der Waals surface area contributed by atoms with E-state index in [0.29, 0.717) is 19.1 Å². The summed E-state index contributed by atoms with van der Waals surface area (Å²) in [5.74, 6) is 0.337. The van der Waals surface area contributed by atoms with Crippen LogP contribution in [0.25, 0.3) is 0 Å². The Morgan fingerprint density at radius 3 is 2.04 bits per heavy atom. The third-order valence-electron chi connectivity index (χ3n) is 3.67. The van der Waals surface area contributed by atoms with E-state index < -0.39 is 12.2 Å². The zero-order valence-corrected chi connectivity index (χ0v) is 14.9. The maximum atomic E-state index is 11.4. The molecule has 0 radical (unpaired) electrons. The maximum Gasteiger partial charge on any atom is 0.452 e. The van der Waals surface area contributed by atoms with Gasteiger partial charge in [0.05, 0.1) is 13.2 Å². The average molecular weight is 328 g/mol. The van der Waals surface area contributed by atoms with Gasteiger partial charge in [0.1, 0.15) is 0 Å². The summed E-state index contributed by atoms with van der Waals surface area (Å²) in [5, 5.41) is 6.44. The van der Waals surface area contributed by atoms with Gasteiger partial charge in [0.2, 0.25) is 0 Å². The molecule has 0 aliphatic rings. The molecule has 6 nitrogen and oxygen atoms in total. The first-order chi connectivity index (χ1) is 11.1. The molecule has 0 aromatic carbocycles. The Bertz CT molecular complexity index is 345. The van der Waals surface area contributed by atoms with Gasteiger partial charge in [-0.1, -0.05) is 75.9 Å². The van der Waals surface area contributed by atoms with Crippen LogP contribution >= 0.6 is 0 Å². The smallest absolute Gasteiger partial charge is 0.447 e. The number of unbranched alkanes of at least 4 members (excludes halogenated alkanes) is 5. The molecule has 0 saturated carbocycles. The molecule has 0 aliphatic heterocycles. The van der Waals surface area contributed by atoms with Crippen LogP contribution in [0.2, 0.25) is 0 Å². The lowest BCUT2D eigenvalue weighted by atomic mass is 10.0. The van der Waals surface area contributed by atoms with Gasteiger partial charge in [0.25, 0.3) is 0 Å². The van der Waals surface area contributed by atoms with Crippen LogP contribution in [0.15, 0.2) is 10.2 Å². The fourth-order valence-electron chi connectivity index (χ4n) is 2.09. The lowest BCUT2D eigenvalue weighted by Gasteiger charge is -2.12. The van der Waals surface area contributed by atoms with Crippen LogP contribution in [0.1, 0.15) is 78.6 Å². The minimum absolute atomic E-state index is 0.311. The average Bonchev–Trinajstić information content (AvgIpc) is 2.56. The summed E-state index contributed by atoms with van der Waals surface area (Å²) in [5.41, 5.74) is 0. The van der Waals surface area contributed by atoms with Crippen LogP contribution in [-0.4, -0.2) is 25.4 Å². The number of azo groups is 1. The summed E-state index contributed by atoms with van der Waals surface area (Å²) >= 11 is 0. The minimum atomic E-state index is -0.838. The number of amides is 2. The highest BCUT2D eigenvalue weighted by Crippen LogP contribution is 2.13. The second kappa shape index (κ2) is 15.4. The first-order valence-corrected chi connectivity index (χ1v) is 8.89. The molecule has 0 aromatic heterocycles. The fraction of sp³-hybridized carbons (Fsp3) is 0.882. The van der Waals surface area contributed by atoms with Gasteiger partial charge in [-0.3, -0.25) is 0 Å². The van der Waals surface area contributed by atoms with Crippen LogP contribution in [0.5, 0.6) is 0 Å². The third-order valence-corrected chi connectivity index (χ3v) is 3.67. The molecule has 0 N–H and O–H groups in total. The second-order valence-electron chi connectivity index (χ2n) is 5.72. The SMILES string of the molecule is CCCCCCCOC(=O)N=NC(=O)OCC(CC)CCCC. The quantitative estimate of drug-likeness (QED) is 0.330. The van der Waals surface area contributed by atoms with E-state index in [1.54, 1.807) is 0 Å². The number of ether oxygens (including phenoxy) is 2. The molecule has 2 amide bonds. The first kappa shape index (κ1) is 21.5. The zero-order valence-electron chi connectivity index (χ0n) is 14.9. The predicted molar refractivity (Wildman–Crippen MR) is 89.6 cm³/mol. The van der Waals surface area contributed by atoms with E-state index in [1.165, 1.54) is 12.8 Å². The molecule has 0 aliphatic carbocycles. The van der Waals surface area contributed by atoms with E-state index in [4.69, 9.17) is 9.47 Å². The molecule has 0 spiro atoms. The molecule has 0 fully saturated rings. The molecule has 0 aromatic rings. The summed E-state index contributed by atoms with van der Waals surface area (Å²) in [7, 11) is 0. The van der Waals surface area contributed by atoms with Crippen LogP contribution in [0.4, 0.5) is 9.59 Å². The number of nitrogens with zero attached hydrogens (tertiary/aromatic N) is 2. The molecule has 0 bridgehead atoms. The molecule has 0 rings (SSSR count). The van der Waals surface area contributed by atoms with E-state index in [0.717, 1.165) is 44.9 Å².